The Kier molecular flexibility index (Phi) is 4.41. The molecule has 2 aromatic rings. The molecule has 0 atom stereocenters. The van der Waals surface area contributed by atoms with Crippen LogP contribution in [-0.2, 0) is 6.61 Å². The van der Waals surface area contributed by atoms with Crippen LogP contribution < -0.4 is 4.74 Å². The fourth-order valence-electron chi connectivity index (χ4n) is 1.48. The molecule has 19 heavy (non-hydrogen) atoms. The fraction of sp³-hybridized carbons (Fsp3) is 0.0714. The molecule has 96 valence electrons. The van der Waals surface area contributed by atoms with Gasteiger partial charge in [0.1, 0.15) is 18.2 Å². The number of rotatable bonds is 3. The number of nitrogens with zero attached hydrogens (tertiary/aromatic N) is 1. The van der Waals surface area contributed by atoms with Crippen molar-refractivity contribution in [2.45, 2.75) is 6.61 Å². The van der Waals surface area contributed by atoms with E-state index in [4.69, 9.17) is 21.6 Å². The van der Waals surface area contributed by atoms with Gasteiger partial charge in [0.15, 0.2) is 0 Å². The summed E-state index contributed by atoms with van der Waals surface area (Å²) in [6.07, 6.45) is 0. The predicted octanol–water partition coefficient (Wildman–Crippen LogP) is 4.69. The third-order valence-electron chi connectivity index (χ3n) is 2.46. The van der Waals surface area contributed by atoms with Gasteiger partial charge in [-0.2, -0.15) is 5.26 Å². The zero-order chi connectivity index (χ0) is 13.8. The average Bonchev–Trinajstić information content (AvgIpc) is 2.39. The van der Waals surface area contributed by atoms with E-state index in [-0.39, 0.29) is 12.2 Å². The number of nitriles is 1. The van der Waals surface area contributed by atoms with Gasteiger partial charge in [-0.15, -0.1) is 0 Å². The Hall–Kier alpha value is -1.57. The van der Waals surface area contributed by atoms with Gasteiger partial charge in [0.2, 0.25) is 0 Å². The van der Waals surface area contributed by atoms with Crippen molar-refractivity contribution in [3.63, 3.8) is 0 Å². The largest absolute Gasteiger partial charge is 0.488 e. The Balaban J connectivity index is 2.13. The first-order chi connectivity index (χ1) is 9.10. The summed E-state index contributed by atoms with van der Waals surface area (Å²) >= 11 is 9.13. The van der Waals surface area contributed by atoms with E-state index < -0.39 is 5.82 Å². The lowest BCUT2D eigenvalue weighted by Gasteiger charge is -2.09. The molecule has 2 nitrogen and oxygen atoms in total. The van der Waals surface area contributed by atoms with Crippen LogP contribution >= 0.6 is 27.5 Å². The topological polar surface area (TPSA) is 33.0 Å². The summed E-state index contributed by atoms with van der Waals surface area (Å²) in [5, 5.41) is 9.24. The summed E-state index contributed by atoms with van der Waals surface area (Å²) in [5.74, 6) is 0.122. The molecule has 2 aromatic carbocycles. The summed E-state index contributed by atoms with van der Waals surface area (Å²) in [5.41, 5.74) is 0.676. The van der Waals surface area contributed by atoms with Crippen molar-refractivity contribution in [2.75, 3.05) is 0 Å². The molecule has 0 heterocycles. The van der Waals surface area contributed by atoms with Gasteiger partial charge in [0.05, 0.1) is 16.1 Å². The van der Waals surface area contributed by atoms with Crippen LogP contribution in [-0.4, -0.2) is 0 Å². The highest BCUT2D eigenvalue weighted by Gasteiger charge is 2.06. The molecule has 0 unspecified atom stereocenters. The SMILES string of the molecule is N#Cc1ccc(COc2ccc(Cl)cc2Br)c(F)c1. The van der Waals surface area contributed by atoms with Crippen LogP contribution in [0.25, 0.3) is 0 Å². The third-order valence-corrected chi connectivity index (χ3v) is 3.31. The zero-order valence-corrected chi connectivity index (χ0v) is 12.0. The fourth-order valence-corrected chi connectivity index (χ4v) is 2.28. The summed E-state index contributed by atoms with van der Waals surface area (Å²) in [6, 6.07) is 11.3. The molecular formula is C14H8BrClFNO. The van der Waals surface area contributed by atoms with Crippen LogP contribution in [0.15, 0.2) is 40.9 Å². The van der Waals surface area contributed by atoms with Crippen molar-refractivity contribution in [3.05, 3.63) is 62.8 Å². The summed E-state index contributed by atoms with van der Waals surface area (Å²) in [4.78, 5) is 0. The van der Waals surface area contributed by atoms with Gasteiger partial charge in [0, 0.05) is 10.6 Å². The van der Waals surface area contributed by atoms with E-state index in [1.165, 1.54) is 12.1 Å². The molecule has 0 radical (unpaired) electrons. The Labute approximate surface area is 123 Å². The maximum absolute atomic E-state index is 13.6. The van der Waals surface area contributed by atoms with Crippen LogP contribution in [0, 0.1) is 17.1 Å². The monoisotopic (exact) mass is 339 g/mol. The predicted molar refractivity (Wildman–Crippen MR) is 74.6 cm³/mol. The molecule has 0 bridgehead atoms. The quantitative estimate of drug-likeness (QED) is 0.812. The van der Waals surface area contributed by atoms with Crippen LogP contribution in [0.1, 0.15) is 11.1 Å². The minimum absolute atomic E-state index is 0.0811. The standard InChI is InChI=1S/C14H8BrClFNO/c15-12-6-11(16)3-4-14(12)19-8-10-2-1-9(7-18)5-13(10)17/h1-6H,8H2. The highest BCUT2D eigenvalue weighted by atomic mass is 79.9. The molecule has 0 fully saturated rings. The summed E-state index contributed by atoms with van der Waals surface area (Å²) in [7, 11) is 0. The number of hydrogen-bond acceptors (Lipinski definition) is 2. The molecule has 0 spiro atoms. The second-order valence-electron chi connectivity index (χ2n) is 3.78. The molecule has 0 aromatic heterocycles. The van der Waals surface area contributed by atoms with E-state index in [1.807, 2.05) is 6.07 Å². The summed E-state index contributed by atoms with van der Waals surface area (Å²) < 4.78 is 19.8. The number of ether oxygens (including phenoxy) is 1. The second-order valence-corrected chi connectivity index (χ2v) is 5.07. The molecule has 0 aliphatic heterocycles. The molecule has 0 saturated heterocycles. The van der Waals surface area contributed by atoms with E-state index in [0.29, 0.717) is 20.8 Å². The first-order valence-electron chi connectivity index (χ1n) is 5.36. The average molecular weight is 341 g/mol. The van der Waals surface area contributed by atoms with Crippen LogP contribution in [0.2, 0.25) is 5.02 Å². The Morgan fingerprint density at radius 1 is 1.26 bits per heavy atom. The van der Waals surface area contributed by atoms with E-state index in [0.717, 1.165) is 0 Å². The van der Waals surface area contributed by atoms with Gasteiger partial charge in [-0.05, 0) is 46.3 Å². The molecule has 0 aliphatic rings. The lowest BCUT2D eigenvalue weighted by atomic mass is 10.1. The number of halogens is 3. The second kappa shape index (κ2) is 6.05. The van der Waals surface area contributed by atoms with E-state index in [9.17, 15) is 4.39 Å². The molecule has 0 N–H and O–H groups in total. The molecule has 0 saturated carbocycles. The summed E-state index contributed by atoms with van der Waals surface area (Å²) in [6.45, 7) is 0.0811. The Morgan fingerprint density at radius 3 is 2.68 bits per heavy atom. The van der Waals surface area contributed by atoms with E-state index in [2.05, 4.69) is 15.9 Å². The van der Waals surface area contributed by atoms with Crippen molar-refractivity contribution < 1.29 is 9.13 Å². The van der Waals surface area contributed by atoms with Gasteiger partial charge < -0.3 is 4.74 Å². The molecular weight excluding hydrogens is 333 g/mol. The number of hydrogen-bond donors (Lipinski definition) is 0. The molecule has 0 amide bonds. The Morgan fingerprint density at radius 2 is 2.05 bits per heavy atom. The van der Waals surface area contributed by atoms with Crippen LogP contribution in [0.3, 0.4) is 0 Å². The third kappa shape index (κ3) is 3.46. The lowest BCUT2D eigenvalue weighted by molar-refractivity contribution is 0.298. The van der Waals surface area contributed by atoms with Gasteiger partial charge in [-0.1, -0.05) is 17.7 Å². The Bertz CT molecular complexity index is 654. The van der Waals surface area contributed by atoms with Gasteiger partial charge in [-0.3, -0.25) is 0 Å². The molecule has 0 aliphatic carbocycles. The van der Waals surface area contributed by atoms with E-state index >= 15 is 0 Å². The van der Waals surface area contributed by atoms with Crippen molar-refractivity contribution in [1.29, 1.82) is 5.26 Å². The zero-order valence-electron chi connectivity index (χ0n) is 9.66. The van der Waals surface area contributed by atoms with Crippen LogP contribution in [0.5, 0.6) is 5.75 Å². The highest BCUT2D eigenvalue weighted by Crippen LogP contribution is 2.28. The van der Waals surface area contributed by atoms with E-state index in [1.54, 1.807) is 24.3 Å². The van der Waals surface area contributed by atoms with Crippen molar-refractivity contribution in [1.82, 2.24) is 0 Å². The molecule has 5 heteroatoms. The highest BCUT2D eigenvalue weighted by molar-refractivity contribution is 9.10. The first kappa shape index (κ1) is 13.9. The van der Waals surface area contributed by atoms with Gasteiger partial charge in [-0.25, -0.2) is 4.39 Å². The normalized spacial score (nSPS) is 10.0. The van der Waals surface area contributed by atoms with Crippen molar-refractivity contribution in [2.24, 2.45) is 0 Å². The maximum Gasteiger partial charge on any atom is 0.134 e. The van der Waals surface area contributed by atoms with Crippen molar-refractivity contribution >= 4 is 27.5 Å². The van der Waals surface area contributed by atoms with Crippen LogP contribution in [0.4, 0.5) is 4.39 Å². The molecule has 2 rings (SSSR count). The smallest absolute Gasteiger partial charge is 0.134 e. The minimum atomic E-state index is -0.455. The minimum Gasteiger partial charge on any atom is -0.488 e. The van der Waals surface area contributed by atoms with Gasteiger partial charge >= 0.3 is 0 Å². The van der Waals surface area contributed by atoms with Crippen molar-refractivity contribution in [3.8, 4) is 11.8 Å². The number of benzene rings is 2. The first-order valence-corrected chi connectivity index (χ1v) is 6.53. The lowest BCUT2D eigenvalue weighted by Crippen LogP contribution is -1.99. The van der Waals surface area contributed by atoms with Gasteiger partial charge in [0.25, 0.3) is 0 Å². The maximum atomic E-state index is 13.6.